The molecule has 0 spiro atoms. The van der Waals surface area contributed by atoms with Gasteiger partial charge in [-0.25, -0.2) is 0 Å². The summed E-state index contributed by atoms with van der Waals surface area (Å²) in [5.74, 6) is 0. The fourth-order valence-corrected chi connectivity index (χ4v) is 4.08. The molecule has 26 heavy (non-hydrogen) atoms. The lowest BCUT2D eigenvalue weighted by atomic mass is 10.0. The van der Waals surface area contributed by atoms with Crippen LogP contribution in [0, 0.1) is 20.8 Å². The van der Waals surface area contributed by atoms with Gasteiger partial charge in [0.1, 0.15) is 6.04 Å². The number of aryl methyl sites for hydroxylation is 3. The fraction of sp³-hybridized carbons (Fsp3) is 0.238. The standard InChI is InChI=1S/C21H22N4S/c1-13-10-14(2)12-16(11-13)25-20(18-8-7-15(3)23-18)19(24-21(25)26)17-6-4-5-9-22-17/h4-12,19-20,23H,1-3H3,(H,24,26)/t19-,20+/m0/s1. The van der Waals surface area contributed by atoms with E-state index in [4.69, 9.17) is 12.2 Å². The second-order valence-corrected chi connectivity index (χ2v) is 7.33. The Morgan fingerprint density at radius 3 is 2.38 bits per heavy atom. The maximum absolute atomic E-state index is 5.74. The van der Waals surface area contributed by atoms with Crippen molar-refractivity contribution < 1.29 is 0 Å². The number of nitrogens with one attached hydrogen (secondary N) is 2. The third kappa shape index (κ3) is 2.99. The van der Waals surface area contributed by atoms with Crippen molar-refractivity contribution in [3.63, 3.8) is 0 Å². The number of rotatable bonds is 3. The lowest BCUT2D eigenvalue weighted by Crippen LogP contribution is -2.29. The predicted octanol–water partition coefficient (Wildman–Crippen LogP) is 4.51. The van der Waals surface area contributed by atoms with E-state index in [1.54, 1.807) is 0 Å². The van der Waals surface area contributed by atoms with Crippen LogP contribution < -0.4 is 10.2 Å². The van der Waals surface area contributed by atoms with Crippen LogP contribution >= 0.6 is 12.2 Å². The largest absolute Gasteiger partial charge is 0.361 e. The third-order valence-corrected chi connectivity index (χ3v) is 5.07. The lowest BCUT2D eigenvalue weighted by Gasteiger charge is -2.27. The minimum Gasteiger partial charge on any atom is -0.361 e. The Morgan fingerprint density at radius 1 is 1.00 bits per heavy atom. The molecule has 1 saturated heterocycles. The molecule has 0 unspecified atom stereocenters. The molecule has 0 amide bonds. The van der Waals surface area contributed by atoms with Crippen molar-refractivity contribution in [1.82, 2.24) is 15.3 Å². The summed E-state index contributed by atoms with van der Waals surface area (Å²) in [6, 6.07) is 16.8. The Bertz CT molecular complexity index is 927. The fourth-order valence-electron chi connectivity index (χ4n) is 3.74. The molecular formula is C21H22N4S. The molecule has 1 aliphatic rings. The van der Waals surface area contributed by atoms with Crippen LogP contribution in [0.5, 0.6) is 0 Å². The molecule has 5 heteroatoms. The molecule has 2 aromatic heterocycles. The van der Waals surface area contributed by atoms with Gasteiger partial charge in [-0.2, -0.15) is 0 Å². The zero-order valence-electron chi connectivity index (χ0n) is 15.2. The highest BCUT2D eigenvalue weighted by Gasteiger charge is 2.41. The van der Waals surface area contributed by atoms with E-state index in [0.717, 1.165) is 27.9 Å². The van der Waals surface area contributed by atoms with E-state index in [1.807, 2.05) is 24.4 Å². The summed E-state index contributed by atoms with van der Waals surface area (Å²) < 4.78 is 0. The molecule has 132 valence electrons. The number of hydrogen-bond donors (Lipinski definition) is 2. The molecule has 0 saturated carbocycles. The number of aromatic nitrogens is 2. The van der Waals surface area contributed by atoms with Gasteiger partial charge in [-0.3, -0.25) is 4.98 Å². The monoisotopic (exact) mass is 362 g/mol. The Balaban J connectivity index is 1.85. The van der Waals surface area contributed by atoms with Crippen molar-refractivity contribution in [3.05, 3.63) is 82.9 Å². The minimum absolute atomic E-state index is 0.0115. The van der Waals surface area contributed by atoms with Crippen molar-refractivity contribution in [3.8, 4) is 0 Å². The number of pyridine rings is 1. The number of benzene rings is 1. The van der Waals surface area contributed by atoms with E-state index in [1.165, 1.54) is 11.1 Å². The molecular weight excluding hydrogens is 340 g/mol. The quantitative estimate of drug-likeness (QED) is 0.673. The Kier molecular flexibility index (Phi) is 4.24. The normalized spacial score (nSPS) is 19.7. The van der Waals surface area contributed by atoms with Gasteiger partial charge in [0.05, 0.1) is 11.7 Å². The predicted molar refractivity (Wildman–Crippen MR) is 109 cm³/mol. The minimum atomic E-state index is -0.0115. The van der Waals surface area contributed by atoms with Gasteiger partial charge < -0.3 is 15.2 Å². The number of thiocarbonyl (C=S) groups is 1. The topological polar surface area (TPSA) is 44.0 Å². The van der Waals surface area contributed by atoms with Gasteiger partial charge >= 0.3 is 0 Å². The van der Waals surface area contributed by atoms with Crippen LogP contribution in [0.15, 0.2) is 54.7 Å². The average molecular weight is 363 g/mol. The molecule has 2 atom stereocenters. The summed E-state index contributed by atoms with van der Waals surface area (Å²) in [6.45, 7) is 6.31. The van der Waals surface area contributed by atoms with Crippen molar-refractivity contribution in [2.45, 2.75) is 32.9 Å². The maximum atomic E-state index is 5.74. The van der Waals surface area contributed by atoms with Crippen molar-refractivity contribution in [2.24, 2.45) is 0 Å². The van der Waals surface area contributed by atoms with Crippen molar-refractivity contribution in [2.75, 3.05) is 4.90 Å². The van der Waals surface area contributed by atoms with Gasteiger partial charge in [-0.05, 0) is 80.5 Å². The van der Waals surface area contributed by atoms with E-state index >= 15 is 0 Å². The van der Waals surface area contributed by atoms with E-state index in [-0.39, 0.29) is 12.1 Å². The molecule has 1 aliphatic heterocycles. The summed E-state index contributed by atoms with van der Waals surface area (Å²) in [4.78, 5) is 10.3. The number of anilines is 1. The number of aromatic amines is 1. The molecule has 4 nitrogen and oxygen atoms in total. The second-order valence-electron chi connectivity index (χ2n) is 6.94. The van der Waals surface area contributed by atoms with Gasteiger partial charge in [0.15, 0.2) is 5.11 Å². The Morgan fingerprint density at radius 2 is 1.77 bits per heavy atom. The van der Waals surface area contributed by atoms with Crippen LogP contribution in [0.1, 0.15) is 40.3 Å². The molecule has 0 aliphatic carbocycles. The number of H-pyrrole nitrogens is 1. The van der Waals surface area contributed by atoms with Crippen LogP contribution in [-0.4, -0.2) is 15.1 Å². The summed E-state index contributed by atoms with van der Waals surface area (Å²) in [7, 11) is 0. The van der Waals surface area contributed by atoms with Crippen LogP contribution in [0.2, 0.25) is 0 Å². The number of nitrogens with zero attached hydrogens (tertiary/aromatic N) is 2. The SMILES string of the molecule is Cc1cc(C)cc(N2C(=S)N[C@@H](c3ccccn3)[C@H]2c2ccc(C)[nH]2)c1. The van der Waals surface area contributed by atoms with Crippen molar-refractivity contribution >= 4 is 23.0 Å². The highest BCUT2D eigenvalue weighted by Crippen LogP contribution is 2.41. The highest BCUT2D eigenvalue weighted by molar-refractivity contribution is 7.80. The average Bonchev–Trinajstić information content (AvgIpc) is 3.18. The van der Waals surface area contributed by atoms with E-state index in [0.29, 0.717) is 0 Å². The zero-order chi connectivity index (χ0) is 18.3. The van der Waals surface area contributed by atoms with Crippen LogP contribution in [0.25, 0.3) is 0 Å². The molecule has 1 aromatic carbocycles. The van der Waals surface area contributed by atoms with Crippen LogP contribution in [-0.2, 0) is 0 Å². The molecule has 3 heterocycles. The highest BCUT2D eigenvalue weighted by atomic mass is 32.1. The molecule has 1 fully saturated rings. The van der Waals surface area contributed by atoms with Crippen molar-refractivity contribution in [1.29, 1.82) is 0 Å². The van der Waals surface area contributed by atoms with E-state index in [2.05, 4.69) is 71.3 Å². The van der Waals surface area contributed by atoms with Gasteiger partial charge in [-0.15, -0.1) is 0 Å². The van der Waals surface area contributed by atoms with Gasteiger partial charge in [-0.1, -0.05) is 12.1 Å². The van der Waals surface area contributed by atoms with Gasteiger partial charge in [0.25, 0.3) is 0 Å². The smallest absolute Gasteiger partial charge is 0.174 e. The summed E-state index contributed by atoms with van der Waals surface area (Å²) in [5, 5.41) is 4.22. The summed E-state index contributed by atoms with van der Waals surface area (Å²) >= 11 is 5.74. The first-order valence-corrected chi connectivity index (χ1v) is 9.18. The molecule has 0 radical (unpaired) electrons. The number of hydrogen-bond acceptors (Lipinski definition) is 2. The van der Waals surface area contributed by atoms with Crippen LogP contribution in [0.3, 0.4) is 0 Å². The maximum Gasteiger partial charge on any atom is 0.174 e. The first-order valence-electron chi connectivity index (χ1n) is 8.77. The van der Waals surface area contributed by atoms with E-state index in [9.17, 15) is 0 Å². The lowest BCUT2D eigenvalue weighted by molar-refractivity contribution is 0.558. The first-order chi connectivity index (χ1) is 12.5. The Hall–Kier alpha value is -2.66. The molecule has 3 aromatic rings. The van der Waals surface area contributed by atoms with E-state index < -0.39 is 0 Å². The Labute approximate surface area is 159 Å². The molecule has 2 N–H and O–H groups in total. The summed E-state index contributed by atoms with van der Waals surface area (Å²) in [6.07, 6.45) is 1.83. The van der Waals surface area contributed by atoms with Crippen LogP contribution in [0.4, 0.5) is 5.69 Å². The third-order valence-electron chi connectivity index (χ3n) is 4.76. The summed E-state index contributed by atoms with van der Waals surface area (Å²) in [5.41, 5.74) is 6.81. The van der Waals surface area contributed by atoms with Gasteiger partial charge in [0.2, 0.25) is 0 Å². The molecule has 0 bridgehead atoms. The van der Waals surface area contributed by atoms with Gasteiger partial charge in [0, 0.05) is 23.3 Å². The first kappa shape index (κ1) is 16.8. The second kappa shape index (κ2) is 6.57. The zero-order valence-corrected chi connectivity index (χ0v) is 16.0. The molecule has 4 rings (SSSR count).